The lowest BCUT2D eigenvalue weighted by Gasteiger charge is -2.33. The highest BCUT2D eigenvalue weighted by Crippen LogP contribution is 2.25. The van der Waals surface area contributed by atoms with Crippen LogP contribution in [0, 0.1) is 5.82 Å². The summed E-state index contributed by atoms with van der Waals surface area (Å²) in [6, 6.07) is 19.4. The standard InChI is InChI=1S/C24H19ClFNO3/c25-18-9-5-17(6-10-18)23(28)20-3-1-2-4-21(20)24(29)27-13-14-30-22(15-27)16-7-11-19(26)12-8-16/h1-12,22H,13-15H2/t22-/m0/s1. The van der Waals surface area contributed by atoms with Crippen LogP contribution >= 0.6 is 11.6 Å². The first-order valence-electron chi connectivity index (χ1n) is 9.58. The van der Waals surface area contributed by atoms with E-state index in [2.05, 4.69) is 0 Å². The molecule has 1 heterocycles. The summed E-state index contributed by atoms with van der Waals surface area (Å²) >= 11 is 5.91. The molecule has 0 saturated carbocycles. The van der Waals surface area contributed by atoms with E-state index in [-0.39, 0.29) is 23.6 Å². The second kappa shape index (κ2) is 8.78. The molecular formula is C24H19ClFNO3. The van der Waals surface area contributed by atoms with Gasteiger partial charge in [-0.1, -0.05) is 41.9 Å². The zero-order valence-electron chi connectivity index (χ0n) is 16.1. The van der Waals surface area contributed by atoms with Crippen LogP contribution in [0.4, 0.5) is 4.39 Å². The van der Waals surface area contributed by atoms with Crippen LogP contribution < -0.4 is 0 Å². The van der Waals surface area contributed by atoms with E-state index in [9.17, 15) is 14.0 Å². The fraction of sp³-hybridized carbons (Fsp3) is 0.167. The molecule has 3 aromatic carbocycles. The van der Waals surface area contributed by atoms with E-state index < -0.39 is 0 Å². The number of benzene rings is 3. The van der Waals surface area contributed by atoms with Gasteiger partial charge in [-0.2, -0.15) is 0 Å². The molecule has 0 bridgehead atoms. The van der Waals surface area contributed by atoms with Crippen molar-refractivity contribution in [2.45, 2.75) is 6.10 Å². The smallest absolute Gasteiger partial charge is 0.254 e. The van der Waals surface area contributed by atoms with Crippen molar-refractivity contribution in [2.24, 2.45) is 0 Å². The van der Waals surface area contributed by atoms with E-state index in [4.69, 9.17) is 16.3 Å². The van der Waals surface area contributed by atoms with Crippen LogP contribution in [0.1, 0.15) is 37.9 Å². The van der Waals surface area contributed by atoms with Gasteiger partial charge in [0.05, 0.1) is 18.7 Å². The van der Waals surface area contributed by atoms with Gasteiger partial charge in [-0.15, -0.1) is 0 Å². The van der Waals surface area contributed by atoms with Gasteiger partial charge >= 0.3 is 0 Å². The van der Waals surface area contributed by atoms with E-state index in [1.165, 1.54) is 12.1 Å². The van der Waals surface area contributed by atoms with Crippen LogP contribution in [0.25, 0.3) is 0 Å². The van der Waals surface area contributed by atoms with Crippen LogP contribution in [0.3, 0.4) is 0 Å². The third-order valence-electron chi connectivity index (χ3n) is 5.10. The van der Waals surface area contributed by atoms with E-state index in [1.807, 2.05) is 0 Å². The highest BCUT2D eigenvalue weighted by Gasteiger charge is 2.28. The van der Waals surface area contributed by atoms with Gasteiger partial charge in [-0.05, 0) is 48.0 Å². The van der Waals surface area contributed by atoms with Gasteiger partial charge in [0, 0.05) is 22.7 Å². The fourth-order valence-corrected chi connectivity index (χ4v) is 3.63. The number of amides is 1. The lowest BCUT2D eigenvalue weighted by Crippen LogP contribution is -2.42. The number of hydrogen-bond donors (Lipinski definition) is 0. The second-order valence-corrected chi connectivity index (χ2v) is 7.48. The van der Waals surface area contributed by atoms with Crippen molar-refractivity contribution in [3.05, 3.63) is 106 Å². The number of morpholine rings is 1. The van der Waals surface area contributed by atoms with Crippen molar-refractivity contribution in [3.63, 3.8) is 0 Å². The van der Waals surface area contributed by atoms with Crippen molar-refractivity contribution in [3.8, 4) is 0 Å². The van der Waals surface area contributed by atoms with E-state index in [1.54, 1.807) is 65.6 Å². The third-order valence-corrected chi connectivity index (χ3v) is 5.36. The molecule has 1 aliphatic heterocycles. The Morgan fingerprint density at radius 1 is 0.933 bits per heavy atom. The van der Waals surface area contributed by atoms with Crippen molar-refractivity contribution < 1.29 is 18.7 Å². The van der Waals surface area contributed by atoms with Crippen LogP contribution in [-0.4, -0.2) is 36.3 Å². The lowest BCUT2D eigenvalue weighted by molar-refractivity contribution is -0.0228. The first kappa shape index (κ1) is 20.3. The van der Waals surface area contributed by atoms with Crippen molar-refractivity contribution in [2.75, 3.05) is 19.7 Å². The van der Waals surface area contributed by atoms with Gasteiger partial charge in [0.15, 0.2) is 5.78 Å². The second-order valence-electron chi connectivity index (χ2n) is 7.04. The number of ketones is 1. The van der Waals surface area contributed by atoms with Gasteiger partial charge in [0.2, 0.25) is 0 Å². The molecule has 1 saturated heterocycles. The number of halogens is 2. The van der Waals surface area contributed by atoms with Crippen molar-refractivity contribution >= 4 is 23.3 Å². The maximum atomic E-state index is 13.3. The van der Waals surface area contributed by atoms with E-state index >= 15 is 0 Å². The number of hydrogen-bond acceptors (Lipinski definition) is 3. The molecule has 1 aliphatic rings. The summed E-state index contributed by atoms with van der Waals surface area (Å²) in [6.45, 7) is 1.11. The molecular weight excluding hydrogens is 405 g/mol. The Balaban J connectivity index is 1.58. The predicted octanol–water partition coefficient (Wildman–Crippen LogP) is 4.92. The molecule has 4 rings (SSSR count). The quantitative estimate of drug-likeness (QED) is 0.559. The minimum Gasteiger partial charge on any atom is -0.370 e. The van der Waals surface area contributed by atoms with Gasteiger partial charge in [-0.25, -0.2) is 4.39 Å². The normalized spacial score (nSPS) is 16.3. The Bertz CT molecular complexity index is 1070. The highest BCUT2D eigenvalue weighted by atomic mass is 35.5. The molecule has 1 amide bonds. The average Bonchev–Trinajstić information content (AvgIpc) is 2.79. The summed E-state index contributed by atoms with van der Waals surface area (Å²) in [5.41, 5.74) is 1.96. The SMILES string of the molecule is O=C(c1ccc(Cl)cc1)c1ccccc1C(=O)N1CCO[C@H](c2ccc(F)cc2)C1. The Hall–Kier alpha value is -3.02. The first-order valence-corrected chi connectivity index (χ1v) is 9.96. The minimum atomic E-state index is -0.345. The maximum absolute atomic E-state index is 13.3. The molecule has 0 spiro atoms. The van der Waals surface area contributed by atoms with Crippen LogP contribution in [0.15, 0.2) is 72.8 Å². The van der Waals surface area contributed by atoms with Gasteiger partial charge in [0.1, 0.15) is 11.9 Å². The Labute approximate surface area is 178 Å². The molecule has 1 fully saturated rings. The number of carbonyl (C=O) groups excluding carboxylic acids is 2. The van der Waals surface area contributed by atoms with Gasteiger partial charge in [-0.3, -0.25) is 9.59 Å². The number of rotatable bonds is 4. The number of carbonyl (C=O) groups is 2. The number of ether oxygens (including phenoxy) is 1. The monoisotopic (exact) mass is 423 g/mol. The molecule has 1 atom stereocenters. The first-order chi connectivity index (χ1) is 14.5. The van der Waals surface area contributed by atoms with Gasteiger partial charge in [0.25, 0.3) is 5.91 Å². The summed E-state index contributed by atoms with van der Waals surface area (Å²) in [5.74, 6) is -0.792. The van der Waals surface area contributed by atoms with Crippen molar-refractivity contribution in [1.29, 1.82) is 0 Å². The molecule has 30 heavy (non-hydrogen) atoms. The molecule has 4 nitrogen and oxygen atoms in total. The van der Waals surface area contributed by atoms with E-state index in [0.29, 0.717) is 41.4 Å². The van der Waals surface area contributed by atoms with Crippen LogP contribution in [0.5, 0.6) is 0 Å². The minimum absolute atomic E-state index is 0.233. The molecule has 0 aliphatic carbocycles. The zero-order chi connectivity index (χ0) is 21.1. The Kier molecular flexibility index (Phi) is 5.93. The van der Waals surface area contributed by atoms with E-state index in [0.717, 1.165) is 5.56 Å². The summed E-state index contributed by atoms with van der Waals surface area (Å²) in [6.07, 6.45) is -0.345. The Morgan fingerprint density at radius 2 is 1.60 bits per heavy atom. The highest BCUT2D eigenvalue weighted by molar-refractivity contribution is 6.30. The topological polar surface area (TPSA) is 46.6 Å². The summed E-state index contributed by atoms with van der Waals surface area (Å²) in [5, 5.41) is 0.538. The van der Waals surface area contributed by atoms with Crippen LogP contribution in [0.2, 0.25) is 5.02 Å². The summed E-state index contributed by atoms with van der Waals surface area (Å²) in [4.78, 5) is 28.0. The Morgan fingerprint density at radius 3 is 2.30 bits per heavy atom. The average molecular weight is 424 g/mol. The molecule has 0 radical (unpaired) electrons. The zero-order valence-corrected chi connectivity index (χ0v) is 16.8. The molecule has 0 N–H and O–H groups in total. The fourth-order valence-electron chi connectivity index (χ4n) is 3.51. The van der Waals surface area contributed by atoms with Crippen LogP contribution in [-0.2, 0) is 4.74 Å². The molecule has 0 unspecified atom stereocenters. The lowest BCUT2D eigenvalue weighted by atomic mass is 9.97. The maximum Gasteiger partial charge on any atom is 0.254 e. The predicted molar refractivity (Wildman–Crippen MR) is 112 cm³/mol. The molecule has 6 heteroatoms. The summed E-state index contributed by atoms with van der Waals surface area (Å²) < 4.78 is 19.0. The van der Waals surface area contributed by atoms with Crippen molar-refractivity contribution in [1.82, 2.24) is 4.90 Å². The third kappa shape index (κ3) is 4.27. The molecule has 152 valence electrons. The number of nitrogens with zero attached hydrogens (tertiary/aromatic N) is 1. The molecule has 3 aromatic rings. The largest absolute Gasteiger partial charge is 0.370 e. The van der Waals surface area contributed by atoms with Gasteiger partial charge < -0.3 is 9.64 Å². The molecule has 0 aromatic heterocycles. The summed E-state index contributed by atoms with van der Waals surface area (Å²) in [7, 11) is 0.